The number of rotatable bonds is 3. The monoisotopic (exact) mass is 222 g/mol. The summed E-state index contributed by atoms with van der Waals surface area (Å²) in [4.78, 5) is 23.4. The molecule has 0 spiro atoms. The Morgan fingerprint density at radius 2 is 1.44 bits per heavy atom. The van der Waals surface area contributed by atoms with E-state index >= 15 is 0 Å². The van der Waals surface area contributed by atoms with Gasteiger partial charge in [-0.25, -0.2) is 0 Å². The van der Waals surface area contributed by atoms with Gasteiger partial charge in [0.2, 0.25) is 0 Å². The highest BCUT2D eigenvalue weighted by atomic mass is 16.5. The summed E-state index contributed by atoms with van der Waals surface area (Å²) in [7, 11) is 2.49. The highest BCUT2D eigenvalue weighted by Crippen LogP contribution is 2.26. The van der Waals surface area contributed by atoms with E-state index in [9.17, 15) is 9.59 Å². The third kappa shape index (κ3) is 1.91. The van der Waals surface area contributed by atoms with Crippen molar-refractivity contribution in [1.29, 1.82) is 0 Å². The molecule has 0 unspecified atom stereocenters. The molecule has 0 aliphatic rings. The van der Waals surface area contributed by atoms with Crippen LogP contribution >= 0.6 is 0 Å². The highest BCUT2D eigenvalue weighted by Gasteiger charge is 2.45. The van der Waals surface area contributed by atoms with Gasteiger partial charge in [-0.2, -0.15) is 0 Å². The predicted molar refractivity (Wildman–Crippen MR) is 57.8 cm³/mol. The summed E-state index contributed by atoms with van der Waals surface area (Å²) < 4.78 is 9.31. The Hall–Kier alpha value is -1.84. The lowest BCUT2D eigenvalue weighted by Gasteiger charge is -2.23. The fourth-order valence-electron chi connectivity index (χ4n) is 1.50. The predicted octanol–water partition coefficient (Wildman–Crippen LogP) is 1.29. The maximum atomic E-state index is 11.7. The summed E-state index contributed by atoms with van der Waals surface area (Å²) in [6.45, 7) is 1.49. The average Bonchev–Trinajstić information content (AvgIpc) is 2.36. The van der Waals surface area contributed by atoms with E-state index in [1.165, 1.54) is 21.1 Å². The van der Waals surface area contributed by atoms with Crippen molar-refractivity contribution in [3.63, 3.8) is 0 Å². The minimum absolute atomic E-state index is 0.550. The smallest absolute Gasteiger partial charge is 0.327 e. The van der Waals surface area contributed by atoms with E-state index in [0.717, 1.165) is 0 Å². The molecular weight excluding hydrogens is 208 g/mol. The van der Waals surface area contributed by atoms with Gasteiger partial charge in [0.1, 0.15) is 0 Å². The van der Waals surface area contributed by atoms with Crippen molar-refractivity contribution in [2.24, 2.45) is 0 Å². The topological polar surface area (TPSA) is 52.6 Å². The lowest BCUT2D eigenvalue weighted by Crippen LogP contribution is -2.42. The van der Waals surface area contributed by atoms with Gasteiger partial charge in [0.05, 0.1) is 14.2 Å². The maximum absolute atomic E-state index is 11.7. The van der Waals surface area contributed by atoms with Gasteiger partial charge < -0.3 is 9.47 Å². The minimum atomic E-state index is -1.41. The van der Waals surface area contributed by atoms with Crippen molar-refractivity contribution in [2.45, 2.75) is 12.3 Å². The van der Waals surface area contributed by atoms with Gasteiger partial charge in [-0.1, -0.05) is 30.3 Å². The molecule has 0 saturated carbocycles. The fourth-order valence-corrected chi connectivity index (χ4v) is 1.50. The molecule has 0 aliphatic carbocycles. The molecule has 0 aliphatic heterocycles. The van der Waals surface area contributed by atoms with Gasteiger partial charge in [0.25, 0.3) is 0 Å². The van der Waals surface area contributed by atoms with E-state index in [2.05, 4.69) is 9.47 Å². The molecule has 1 rings (SSSR count). The Morgan fingerprint density at radius 1 is 1.00 bits per heavy atom. The third-order valence-corrected chi connectivity index (χ3v) is 2.54. The van der Waals surface area contributed by atoms with Gasteiger partial charge in [-0.3, -0.25) is 9.59 Å². The van der Waals surface area contributed by atoms with Crippen LogP contribution in [0.3, 0.4) is 0 Å². The first-order chi connectivity index (χ1) is 7.57. The number of ether oxygens (including phenoxy) is 2. The molecule has 0 heterocycles. The zero-order valence-corrected chi connectivity index (χ0v) is 9.52. The Kier molecular flexibility index (Phi) is 3.66. The second-order valence-corrected chi connectivity index (χ2v) is 3.47. The fraction of sp³-hybridized carbons (Fsp3) is 0.333. The number of hydrogen-bond donors (Lipinski definition) is 0. The molecule has 0 radical (unpaired) electrons. The number of carbonyl (C=O) groups excluding carboxylic acids is 2. The Labute approximate surface area is 94.2 Å². The first-order valence-corrected chi connectivity index (χ1v) is 4.79. The molecule has 0 N–H and O–H groups in total. The first-order valence-electron chi connectivity index (χ1n) is 4.79. The molecule has 0 fully saturated rings. The number of hydrogen-bond acceptors (Lipinski definition) is 4. The standard InChI is InChI=1S/C12H14O4/c1-12(10(13)15-2,11(14)16-3)9-7-5-4-6-8-9/h4-8H,1-3H3. The maximum Gasteiger partial charge on any atom is 0.327 e. The molecule has 16 heavy (non-hydrogen) atoms. The summed E-state index contributed by atoms with van der Waals surface area (Å²) in [5.41, 5.74) is -0.862. The van der Waals surface area contributed by atoms with E-state index in [1.807, 2.05) is 0 Å². The van der Waals surface area contributed by atoms with Crippen molar-refractivity contribution < 1.29 is 19.1 Å². The molecule has 4 heteroatoms. The lowest BCUT2D eigenvalue weighted by atomic mass is 9.82. The van der Waals surface area contributed by atoms with Crippen molar-refractivity contribution in [1.82, 2.24) is 0 Å². The van der Waals surface area contributed by atoms with Crippen molar-refractivity contribution >= 4 is 11.9 Å². The van der Waals surface area contributed by atoms with E-state index in [1.54, 1.807) is 30.3 Å². The molecule has 1 aromatic carbocycles. The second-order valence-electron chi connectivity index (χ2n) is 3.47. The van der Waals surface area contributed by atoms with Crippen LogP contribution in [0.2, 0.25) is 0 Å². The Bertz CT molecular complexity index is 367. The van der Waals surface area contributed by atoms with Gasteiger partial charge in [0.15, 0.2) is 5.41 Å². The number of esters is 2. The number of benzene rings is 1. The highest BCUT2D eigenvalue weighted by molar-refractivity contribution is 6.05. The molecule has 0 atom stereocenters. The minimum Gasteiger partial charge on any atom is -0.468 e. The van der Waals surface area contributed by atoms with Gasteiger partial charge in [0, 0.05) is 0 Å². The van der Waals surface area contributed by atoms with Crippen LogP contribution in [0.5, 0.6) is 0 Å². The largest absolute Gasteiger partial charge is 0.468 e. The molecule has 1 aromatic rings. The zero-order chi connectivity index (χ0) is 12.2. The van der Waals surface area contributed by atoms with E-state index < -0.39 is 17.4 Å². The molecule has 4 nitrogen and oxygen atoms in total. The molecule has 86 valence electrons. The number of carbonyl (C=O) groups is 2. The van der Waals surface area contributed by atoms with E-state index in [4.69, 9.17) is 0 Å². The molecule has 0 bridgehead atoms. The van der Waals surface area contributed by atoms with Crippen LogP contribution in [0, 0.1) is 0 Å². The van der Waals surface area contributed by atoms with Crippen LogP contribution in [0.15, 0.2) is 30.3 Å². The van der Waals surface area contributed by atoms with Crippen LogP contribution in [-0.4, -0.2) is 26.2 Å². The van der Waals surface area contributed by atoms with Crippen molar-refractivity contribution in [3.05, 3.63) is 35.9 Å². The van der Waals surface area contributed by atoms with Crippen LogP contribution in [0.1, 0.15) is 12.5 Å². The summed E-state index contributed by atoms with van der Waals surface area (Å²) in [5, 5.41) is 0. The molecule has 0 aromatic heterocycles. The van der Waals surface area contributed by atoms with Gasteiger partial charge >= 0.3 is 11.9 Å². The summed E-state index contributed by atoms with van der Waals surface area (Å²) in [5.74, 6) is -1.27. The van der Waals surface area contributed by atoms with Crippen LogP contribution < -0.4 is 0 Å². The zero-order valence-electron chi connectivity index (χ0n) is 9.52. The Morgan fingerprint density at radius 3 is 1.81 bits per heavy atom. The normalized spacial score (nSPS) is 10.7. The average molecular weight is 222 g/mol. The second kappa shape index (κ2) is 4.79. The lowest BCUT2D eigenvalue weighted by molar-refractivity contribution is -0.160. The molecule has 0 amide bonds. The van der Waals surface area contributed by atoms with Crippen LogP contribution in [0.25, 0.3) is 0 Å². The molecular formula is C12H14O4. The van der Waals surface area contributed by atoms with Crippen LogP contribution in [0.4, 0.5) is 0 Å². The van der Waals surface area contributed by atoms with Crippen molar-refractivity contribution in [2.75, 3.05) is 14.2 Å². The van der Waals surface area contributed by atoms with Gasteiger partial charge in [-0.15, -0.1) is 0 Å². The van der Waals surface area contributed by atoms with Crippen LogP contribution in [-0.2, 0) is 24.5 Å². The van der Waals surface area contributed by atoms with E-state index in [-0.39, 0.29) is 0 Å². The summed E-state index contributed by atoms with van der Waals surface area (Å²) in [6, 6.07) is 8.68. The van der Waals surface area contributed by atoms with Crippen molar-refractivity contribution in [3.8, 4) is 0 Å². The third-order valence-electron chi connectivity index (χ3n) is 2.54. The summed E-state index contributed by atoms with van der Waals surface area (Å²) >= 11 is 0. The SMILES string of the molecule is COC(=O)C(C)(C(=O)OC)c1ccccc1. The Balaban J connectivity index is 3.26. The van der Waals surface area contributed by atoms with E-state index in [0.29, 0.717) is 5.56 Å². The summed E-state index contributed by atoms with van der Waals surface area (Å²) in [6.07, 6.45) is 0. The van der Waals surface area contributed by atoms with Gasteiger partial charge in [-0.05, 0) is 12.5 Å². The number of methoxy groups -OCH3 is 2. The quantitative estimate of drug-likeness (QED) is 0.571. The first kappa shape index (κ1) is 12.2. The molecule has 0 saturated heterocycles.